The van der Waals surface area contributed by atoms with Gasteiger partial charge >= 0.3 is 0 Å². The van der Waals surface area contributed by atoms with E-state index in [1.165, 1.54) is 4.31 Å². The van der Waals surface area contributed by atoms with Gasteiger partial charge in [-0.05, 0) is 25.0 Å². The minimum atomic E-state index is -3.81. The predicted molar refractivity (Wildman–Crippen MR) is 83.2 cm³/mol. The van der Waals surface area contributed by atoms with Gasteiger partial charge in [0.1, 0.15) is 0 Å². The summed E-state index contributed by atoms with van der Waals surface area (Å²) in [5.41, 5.74) is 1.58. The van der Waals surface area contributed by atoms with Crippen LogP contribution in [0.4, 0.5) is 14.7 Å². The molecule has 0 N–H and O–H groups in total. The second-order valence-electron chi connectivity index (χ2n) is 6.25. The Morgan fingerprint density at radius 1 is 1.26 bits per heavy atom. The maximum absolute atomic E-state index is 13.8. The summed E-state index contributed by atoms with van der Waals surface area (Å²) in [6.07, 6.45) is 0.424. The molecule has 1 aliphatic heterocycles. The van der Waals surface area contributed by atoms with Crippen LogP contribution in [0.2, 0.25) is 0 Å². The first-order valence-corrected chi connectivity index (χ1v) is 9.33. The topological polar surface area (TPSA) is 55.2 Å². The Balaban J connectivity index is 1.67. The van der Waals surface area contributed by atoms with Gasteiger partial charge in [0.25, 0.3) is 5.92 Å². The van der Waals surface area contributed by atoms with Crippen molar-refractivity contribution in [3.63, 3.8) is 0 Å². The van der Waals surface area contributed by atoms with Crippen molar-refractivity contribution in [2.75, 3.05) is 16.6 Å². The van der Waals surface area contributed by atoms with Crippen molar-refractivity contribution in [2.45, 2.75) is 31.7 Å². The van der Waals surface area contributed by atoms with E-state index >= 15 is 0 Å². The van der Waals surface area contributed by atoms with Gasteiger partial charge in [-0.15, -0.1) is 0 Å². The molecule has 2 aromatic rings. The summed E-state index contributed by atoms with van der Waals surface area (Å²) in [5.74, 6) is -4.14. The molecule has 1 aromatic carbocycles. The van der Waals surface area contributed by atoms with Gasteiger partial charge in [0.05, 0.1) is 23.3 Å². The number of hydrogen-bond acceptors (Lipinski definition) is 3. The van der Waals surface area contributed by atoms with E-state index in [1.807, 2.05) is 28.8 Å². The summed E-state index contributed by atoms with van der Waals surface area (Å²) in [6.45, 7) is 0.754. The van der Waals surface area contributed by atoms with E-state index in [0.717, 1.165) is 5.52 Å². The number of imidazole rings is 1. The van der Waals surface area contributed by atoms with E-state index in [1.54, 1.807) is 0 Å². The smallest absolute Gasteiger partial charge is 0.251 e. The molecule has 1 aliphatic carbocycles. The lowest BCUT2D eigenvalue weighted by Gasteiger charge is -2.22. The van der Waals surface area contributed by atoms with Crippen LogP contribution in [0.1, 0.15) is 19.3 Å². The van der Waals surface area contributed by atoms with Crippen LogP contribution in [0, 0.1) is 5.92 Å². The highest BCUT2D eigenvalue weighted by atomic mass is 32.2. The standard InChI is InChI=1S/C15H17F2N3O2S/c16-15(17)7-3-4-11(15)10-23(21,22)20-9-8-19-13-6-2-1-5-12(13)18-14(19)20/h1-2,5-6,11H,3-4,7-10H2. The maximum Gasteiger partial charge on any atom is 0.251 e. The highest BCUT2D eigenvalue weighted by Gasteiger charge is 2.47. The molecule has 124 valence electrons. The molecule has 5 nitrogen and oxygen atoms in total. The third-order valence-corrected chi connectivity index (χ3v) is 6.63. The molecule has 1 aromatic heterocycles. The Morgan fingerprint density at radius 3 is 2.78 bits per heavy atom. The minimum Gasteiger partial charge on any atom is -0.307 e. The average Bonchev–Trinajstić information content (AvgIpc) is 3.12. The summed E-state index contributed by atoms with van der Waals surface area (Å²) in [5, 5.41) is 0. The summed E-state index contributed by atoms with van der Waals surface area (Å²) in [4.78, 5) is 4.37. The van der Waals surface area contributed by atoms with Crippen LogP contribution in [0.25, 0.3) is 11.0 Å². The first-order valence-electron chi connectivity index (χ1n) is 7.72. The zero-order valence-corrected chi connectivity index (χ0v) is 13.3. The van der Waals surface area contributed by atoms with Gasteiger partial charge in [-0.2, -0.15) is 0 Å². The number of sulfonamides is 1. The number of aromatic nitrogens is 2. The largest absolute Gasteiger partial charge is 0.307 e. The minimum absolute atomic E-state index is 0.217. The Labute approximate surface area is 133 Å². The van der Waals surface area contributed by atoms with Crippen LogP contribution in [-0.2, 0) is 16.6 Å². The van der Waals surface area contributed by atoms with E-state index in [9.17, 15) is 17.2 Å². The summed E-state index contributed by atoms with van der Waals surface area (Å²) < 4.78 is 55.9. The molecule has 23 heavy (non-hydrogen) atoms. The molecular weight excluding hydrogens is 324 g/mol. The normalized spacial score (nSPS) is 23.6. The molecule has 8 heteroatoms. The number of anilines is 1. The SMILES string of the molecule is O=S(=O)(CC1CCCC1(F)F)N1CCn2c1nc1ccccc12. The van der Waals surface area contributed by atoms with Crippen LogP contribution < -0.4 is 4.31 Å². The van der Waals surface area contributed by atoms with Gasteiger partial charge in [0, 0.05) is 18.9 Å². The van der Waals surface area contributed by atoms with Gasteiger partial charge in [-0.3, -0.25) is 0 Å². The second-order valence-corrected chi connectivity index (χ2v) is 8.19. The molecule has 1 unspecified atom stereocenters. The number of benzene rings is 1. The monoisotopic (exact) mass is 341 g/mol. The molecule has 1 fully saturated rings. The number of para-hydroxylation sites is 2. The maximum atomic E-state index is 13.8. The van der Waals surface area contributed by atoms with E-state index in [-0.39, 0.29) is 19.4 Å². The molecule has 1 saturated carbocycles. The number of hydrogen-bond donors (Lipinski definition) is 0. The van der Waals surface area contributed by atoms with E-state index in [4.69, 9.17) is 0 Å². The Kier molecular flexibility index (Phi) is 3.16. The quantitative estimate of drug-likeness (QED) is 0.862. The van der Waals surface area contributed by atoms with Crippen LogP contribution in [0.3, 0.4) is 0 Å². The molecule has 1 atom stereocenters. The zero-order valence-electron chi connectivity index (χ0n) is 12.5. The summed E-state index contributed by atoms with van der Waals surface area (Å²) in [6, 6.07) is 7.40. The van der Waals surface area contributed by atoms with Crippen molar-refractivity contribution >= 4 is 27.0 Å². The molecule has 2 aliphatic rings. The molecule has 0 saturated heterocycles. The Morgan fingerprint density at radius 2 is 2.04 bits per heavy atom. The second kappa shape index (κ2) is 4.90. The molecule has 4 rings (SSSR count). The number of rotatable bonds is 3. The van der Waals surface area contributed by atoms with Crippen LogP contribution >= 0.6 is 0 Å². The zero-order chi connectivity index (χ0) is 16.2. The summed E-state index contributed by atoms with van der Waals surface area (Å²) >= 11 is 0. The van der Waals surface area contributed by atoms with Gasteiger partial charge in [0.15, 0.2) is 0 Å². The lowest BCUT2D eigenvalue weighted by atomic mass is 10.1. The Bertz CT molecular complexity index is 863. The Hall–Kier alpha value is -1.70. The van der Waals surface area contributed by atoms with Crippen LogP contribution in [-0.4, -0.2) is 36.2 Å². The fourth-order valence-corrected chi connectivity index (χ4v) is 5.42. The number of fused-ring (bicyclic) bond motifs is 3. The van der Waals surface area contributed by atoms with Gasteiger partial charge in [0.2, 0.25) is 16.0 Å². The first-order chi connectivity index (χ1) is 10.9. The third-order valence-electron chi connectivity index (χ3n) is 4.79. The molecule has 0 radical (unpaired) electrons. The molecule has 0 spiro atoms. The predicted octanol–water partition coefficient (Wildman–Crippen LogP) is 2.62. The van der Waals surface area contributed by atoms with Crippen molar-refractivity contribution in [1.82, 2.24) is 9.55 Å². The molecule has 0 bridgehead atoms. The number of alkyl halides is 2. The highest BCUT2D eigenvalue weighted by molar-refractivity contribution is 7.92. The van der Waals surface area contributed by atoms with Gasteiger partial charge in [-0.25, -0.2) is 26.5 Å². The van der Waals surface area contributed by atoms with Crippen molar-refractivity contribution in [3.8, 4) is 0 Å². The lowest BCUT2D eigenvalue weighted by Crippen LogP contribution is -2.38. The fourth-order valence-electron chi connectivity index (χ4n) is 3.58. The van der Waals surface area contributed by atoms with Crippen molar-refractivity contribution < 1.29 is 17.2 Å². The lowest BCUT2D eigenvalue weighted by molar-refractivity contribution is -0.0287. The summed E-state index contributed by atoms with van der Waals surface area (Å²) in [7, 11) is -3.81. The van der Waals surface area contributed by atoms with E-state index in [0.29, 0.717) is 24.4 Å². The first kappa shape index (κ1) is 14.9. The fraction of sp³-hybridized carbons (Fsp3) is 0.533. The van der Waals surface area contributed by atoms with Crippen molar-refractivity contribution in [2.24, 2.45) is 5.92 Å². The molecule has 2 heterocycles. The molecule has 0 amide bonds. The third kappa shape index (κ3) is 2.31. The number of halogens is 2. The van der Waals surface area contributed by atoms with Gasteiger partial charge < -0.3 is 4.57 Å². The van der Waals surface area contributed by atoms with Crippen molar-refractivity contribution in [3.05, 3.63) is 24.3 Å². The average molecular weight is 341 g/mol. The van der Waals surface area contributed by atoms with E-state index < -0.39 is 27.6 Å². The van der Waals surface area contributed by atoms with E-state index in [2.05, 4.69) is 4.98 Å². The molecular formula is C15H17F2N3O2S. The highest BCUT2D eigenvalue weighted by Crippen LogP contribution is 2.42. The van der Waals surface area contributed by atoms with Gasteiger partial charge in [-0.1, -0.05) is 12.1 Å². The number of nitrogens with zero attached hydrogens (tertiary/aromatic N) is 3. The van der Waals surface area contributed by atoms with Crippen LogP contribution in [0.5, 0.6) is 0 Å². The van der Waals surface area contributed by atoms with Crippen molar-refractivity contribution in [1.29, 1.82) is 0 Å². The van der Waals surface area contributed by atoms with Crippen LogP contribution in [0.15, 0.2) is 24.3 Å².